The monoisotopic (exact) mass is 629 g/mol. The zero-order chi connectivity index (χ0) is 31.3. The molecule has 0 bridgehead atoms. The van der Waals surface area contributed by atoms with Crippen molar-refractivity contribution in [3.63, 3.8) is 0 Å². The molecule has 9 nitrogen and oxygen atoms in total. The summed E-state index contributed by atoms with van der Waals surface area (Å²) in [5.41, 5.74) is 0.950. The molecule has 13 heteroatoms. The Bertz CT molecular complexity index is 1720. The van der Waals surface area contributed by atoms with E-state index >= 15 is 0 Å². The van der Waals surface area contributed by atoms with Gasteiger partial charge in [0.05, 0.1) is 10.4 Å². The molecule has 44 heavy (non-hydrogen) atoms. The van der Waals surface area contributed by atoms with Gasteiger partial charge in [-0.05, 0) is 85.4 Å². The molecule has 1 heterocycles. The molecule has 0 aliphatic heterocycles. The van der Waals surface area contributed by atoms with Gasteiger partial charge >= 0.3 is 12.1 Å². The lowest BCUT2D eigenvalue weighted by molar-refractivity contribution is -0.192. The third-order valence-electron chi connectivity index (χ3n) is 7.87. The quantitative estimate of drug-likeness (QED) is 0.172. The van der Waals surface area contributed by atoms with Crippen LogP contribution in [0.2, 0.25) is 0 Å². The second-order valence-corrected chi connectivity index (χ2v) is 13.0. The Morgan fingerprint density at radius 1 is 0.841 bits per heavy atom. The number of fused-ring (bicyclic) bond motifs is 2. The molecule has 4 aromatic rings. The lowest BCUT2D eigenvalue weighted by Gasteiger charge is -2.28. The Hall–Kier alpha value is -3.97. The summed E-state index contributed by atoms with van der Waals surface area (Å²) in [6, 6.07) is 21.8. The number of carboxylic acids is 1. The maximum Gasteiger partial charge on any atom is 0.490 e. The van der Waals surface area contributed by atoms with E-state index in [0.717, 1.165) is 59.7 Å². The smallest absolute Gasteiger partial charge is 0.475 e. The molecule has 0 unspecified atom stereocenters. The van der Waals surface area contributed by atoms with Crippen molar-refractivity contribution in [1.29, 1.82) is 0 Å². The van der Waals surface area contributed by atoms with Crippen LogP contribution in [0, 0.1) is 11.8 Å². The summed E-state index contributed by atoms with van der Waals surface area (Å²) >= 11 is 0. The number of carboxylic acid groups (broad SMARTS) is 1. The summed E-state index contributed by atoms with van der Waals surface area (Å²) in [5.74, 6) is -0.279. The SMILES string of the molecule is O=C(O)C(F)(F)F.O=S(=O)(NCC1CCC(CNc2nc(NC3CC3)c3ccccc3n2)CC1)c1ccc2ccccc2c1. The largest absolute Gasteiger partial charge is 0.490 e. The van der Waals surface area contributed by atoms with E-state index in [2.05, 4.69) is 21.4 Å². The van der Waals surface area contributed by atoms with E-state index in [9.17, 15) is 21.6 Å². The number of nitrogens with zero attached hydrogens (tertiary/aromatic N) is 2. The predicted molar refractivity (Wildman–Crippen MR) is 163 cm³/mol. The van der Waals surface area contributed by atoms with Crippen LogP contribution in [0.3, 0.4) is 0 Å². The summed E-state index contributed by atoms with van der Waals surface area (Å²) < 4.78 is 60.4. The Balaban J connectivity index is 0.000000493. The number of rotatable bonds is 9. The van der Waals surface area contributed by atoms with Gasteiger partial charge in [0.15, 0.2) is 0 Å². The van der Waals surface area contributed by atoms with Gasteiger partial charge in [-0.25, -0.2) is 22.9 Å². The van der Waals surface area contributed by atoms with Gasteiger partial charge in [0.1, 0.15) is 5.82 Å². The van der Waals surface area contributed by atoms with E-state index in [4.69, 9.17) is 19.9 Å². The zero-order valence-corrected chi connectivity index (χ0v) is 24.7. The number of para-hydroxylation sites is 1. The molecule has 2 aliphatic carbocycles. The molecule has 1 aromatic heterocycles. The minimum absolute atomic E-state index is 0.329. The van der Waals surface area contributed by atoms with E-state index in [1.165, 1.54) is 12.8 Å². The van der Waals surface area contributed by atoms with Crippen LogP contribution in [0.1, 0.15) is 38.5 Å². The Morgan fingerprint density at radius 3 is 2.11 bits per heavy atom. The molecule has 6 rings (SSSR count). The molecule has 2 saturated carbocycles. The average molecular weight is 630 g/mol. The summed E-state index contributed by atoms with van der Waals surface area (Å²) in [7, 11) is -3.52. The topological polar surface area (TPSA) is 133 Å². The van der Waals surface area contributed by atoms with E-state index < -0.39 is 22.2 Å². The molecule has 3 aromatic carbocycles. The third-order valence-corrected chi connectivity index (χ3v) is 9.29. The average Bonchev–Trinajstić information content (AvgIpc) is 3.83. The number of nitrogens with one attached hydrogen (secondary N) is 3. The minimum Gasteiger partial charge on any atom is -0.475 e. The van der Waals surface area contributed by atoms with Crippen molar-refractivity contribution in [2.45, 2.75) is 55.6 Å². The number of aromatic nitrogens is 2. The van der Waals surface area contributed by atoms with Crippen molar-refractivity contribution < 1.29 is 31.5 Å². The first-order valence-electron chi connectivity index (χ1n) is 14.5. The fourth-order valence-corrected chi connectivity index (χ4v) is 6.36. The van der Waals surface area contributed by atoms with Crippen molar-refractivity contribution in [2.24, 2.45) is 11.8 Å². The van der Waals surface area contributed by atoms with Crippen LogP contribution in [0.4, 0.5) is 24.9 Å². The van der Waals surface area contributed by atoms with Gasteiger partial charge in [0.2, 0.25) is 16.0 Å². The second-order valence-electron chi connectivity index (χ2n) is 11.3. The lowest BCUT2D eigenvalue weighted by atomic mass is 9.82. The molecule has 234 valence electrons. The number of halogens is 3. The molecular formula is C31H34F3N5O4S. The number of hydrogen-bond acceptors (Lipinski definition) is 7. The molecule has 4 N–H and O–H groups in total. The van der Waals surface area contributed by atoms with Gasteiger partial charge in [-0.1, -0.05) is 42.5 Å². The normalized spacial score (nSPS) is 18.8. The van der Waals surface area contributed by atoms with Crippen LogP contribution in [0.5, 0.6) is 0 Å². The Labute approximate surface area is 253 Å². The van der Waals surface area contributed by atoms with Crippen molar-refractivity contribution in [2.75, 3.05) is 23.7 Å². The number of hydrogen-bond donors (Lipinski definition) is 4. The van der Waals surface area contributed by atoms with Gasteiger partial charge < -0.3 is 15.7 Å². The maximum absolute atomic E-state index is 12.9. The van der Waals surface area contributed by atoms with E-state index in [1.807, 2.05) is 48.5 Å². The third kappa shape index (κ3) is 8.35. The van der Waals surface area contributed by atoms with Gasteiger partial charge in [0, 0.05) is 24.5 Å². The fraction of sp³-hybridized carbons (Fsp3) is 0.387. The predicted octanol–water partition coefficient (Wildman–Crippen LogP) is 6.19. The van der Waals surface area contributed by atoms with E-state index in [-0.39, 0.29) is 0 Å². The van der Waals surface area contributed by atoms with Crippen LogP contribution < -0.4 is 15.4 Å². The standard InChI is InChI=1S/C29H33N5O2S.C2HF3O2/c35-37(36,25-16-13-22-5-1-2-6-23(22)17-25)31-19-21-11-9-20(10-12-21)18-30-29-33-27-8-4-3-7-26(27)28(34-29)32-24-14-15-24;3-2(4,5)1(6)7/h1-8,13,16-17,20-21,24,31H,9-12,14-15,18-19H2,(H2,30,32,33,34);(H,6,7). The number of alkyl halides is 3. The van der Waals surface area contributed by atoms with Crippen molar-refractivity contribution in [3.05, 3.63) is 66.7 Å². The van der Waals surface area contributed by atoms with Crippen LogP contribution in [-0.2, 0) is 14.8 Å². The Morgan fingerprint density at radius 2 is 1.45 bits per heavy atom. The summed E-state index contributed by atoms with van der Waals surface area (Å²) in [4.78, 5) is 18.7. The summed E-state index contributed by atoms with van der Waals surface area (Å²) in [6.45, 7) is 1.32. The molecule has 0 amide bonds. The van der Waals surface area contributed by atoms with Gasteiger partial charge in [0.25, 0.3) is 0 Å². The molecule has 0 atom stereocenters. The first-order chi connectivity index (χ1) is 21.0. The number of aliphatic carboxylic acids is 1. The number of carbonyl (C=O) groups is 1. The van der Waals surface area contributed by atoms with E-state index in [0.29, 0.717) is 35.3 Å². The van der Waals surface area contributed by atoms with Crippen LogP contribution >= 0.6 is 0 Å². The lowest BCUT2D eigenvalue weighted by Crippen LogP contribution is -2.32. The second kappa shape index (κ2) is 13.3. The summed E-state index contributed by atoms with van der Waals surface area (Å²) in [5, 5.41) is 17.2. The number of anilines is 2. The highest BCUT2D eigenvalue weighted by Gasteiger charge is 2.38. The number of sulfonamides is 1. The maximum atomic E-state index is 12.9. The fourth-order valence-electron chi connectivity index (χ4n) is 5.21. The summed E-state index contributed by atoms with van der Waals surface area (Å²) in [6.07, 6.45) is 1.47. The highest BCUT2D eigenvalue weighted by atomic mass is 32.2. The van der Waals surface area contributed by atoms with Crippen molar-refractivity contribution >= 4 is 49.4 Å². The Kier molecular flexibility index (Phi) is 9.54. The van der Waals surface area contributed by atoms with Gasteiger partial charge in [-0.3, -0.25) is 0 Å². The zero-order valence-electron chi connectivity index (χ0n) is 23.8. The first-order valence-corrected chi connectivity index (χ1v) is 16.0. The first kappa shape index (κ1) is 31.5. The van der Waals surface area contributed by atoms with Crippen molar-refractivity contribution in [1.82, 2.24) is 14.7 Å². The van der Waals surface area contributed by atoms with Crippen molar-refractivity contribution in [3.8, 4) is 0 Å². The van der Waals surface area contributed by atoms with E-state index in [1.54, 1.807) is 12.1 Å². The molecular weight excluding hydrogens is 595 g/mol. The highest BCUT2D eigenvalue weighted by Crippen LogP contribution is 2.31. The molecule has 0 saturated heterocycles. The van der Waals surface area contributed by atoms with Gasteiger partial charge in [-0.2, -0.15) is 18.2 Å². The van der Waals surface area contributed by atoms with Crippen LogP contribution in [0.15, 0.2) is 71.6 Å². The van der Waals surface area contributed by atoms with Gasteiger partial charge in [-0.15, -0.1) is 0 Å². The van der Waals surface area contributed by atoms with Crippen LogP contribution in [-0.4, -0.2) is 54.8 Å². The molecule has 0 radical (unpaired) electrons. The molecule has 0 spiro atoms. The number of benzene rings is 3. The molecule has 2 fully saturated rings. The molecule has 2 aliphatic rings. The van der Waals surface area contributed by atoms with Crippen LogP contribution in [0.25, 0.3) is 21.7 Å². The minimum atomic E-state index is -5.08. The highest BCUT2D eigenvalue weighted by molar-refractivity contribution is 7.89.